The summed E-state index contributed by atoms with van der Waals surface area (Å²) in [5, 5.41) is 0. The molecule has 470 valence electrons. The Morgan fingerprint density at radius 3 is 0.790 bits per heavy atom. The Hall–Kier alpha value is -3.15. The van der Waals surface area contributed by atoms with Crippen molar-refractivity contribution < 1.29 is 28.6 Å². The van der Waals surface area contributed by atoms with E-state index in [-0.39, 0.29) is 31.1 Å². The molecule has 1 unspecified atom stereocenters. The Morgan fingerprint density at radius 1 is 0.259 bits per heavy atom. The molecule has 0 spiro atoms. The summed E-state index contributed by atoms with van der Waals surface area (Å²) < 4.78 is 17.0. The molecule has 0 saturated heterocycles. The highest BCUT2D eigenvalue weighted by molar-refractivity contribution is 5.71. The van der Waals surface area contributed by atoms with Gasteiger partial charge < -0.3 is 14.2 Å². The van der Waals surface area contributed by atoms with Crippen LogP contribution in [-0.4, -0.2) is 37.2 Å². The van der Waals surface area contributed by atoms with E-state index in [1.165, 1.54) is 231 Å². The molecule has 81 heavy (non-hydrogen) atoms. The number of carbonyl (C=O) groups excluding carboxylic acids is 3. The zero-order valence-electron chi connectivity index (χ0n) is 54.1. The van der Waals surface area contributed by atoms with Crippen LogP contribution in [0.3, 0.4) is 0 Å². The van der Waals surface area contributed by atoms with Crippen molar-refractivity contribution in [1.82, 2.24) is 0 Å². The highest BCUT2D eigenvalue weighted by Crippen LogP contribution is 2.18. The van der Waals surface area contributed by atoms with Crippen molar-refractivity contribution in [2.24, 2.45) is 0 Å². The van der Waals surface area contributed by atoms with Crippen molar-refractivity contribution in [2.45, 2.75) is 374 Å². The molecule has 0 saturated carbocycles. The quantitative estimate of drug-likeness (QED) is 0.0261. The zero-order valence-corrected chi connectivity index (χ0v) is 54.1. The predicted octanol–water partition coefficient (Wildman–Crippen LogP) is 24.4. The number of unbranched alkanes of at least 4 members (excludes halogenated alkanes) is 42. The molecule has 0 aromatic heterocycles. The number of rotatable bonds is 65. The fraction of sp³-hybridized carbons (Fsp3) is 0.800. The molecule has 0 N–H and O–H groups in total. The number of esters is 3. The first-order valence-electron chi connectivity index (χ1n) is 35.4. The van der Waals surface area contributed by atoms with Gasteiger partial charge in [-0.15, -0.1) is 0 Å². The van der Waals surface area contributed by atoms with Crippen LogP contribution in [0.2, 0.25) is 0 Å². The second kappa shape index (κ2) is 69.3. The maximum absolute atomic E-state index is 13.0. The van der Waals surface area contributed by atoms with Gasteiger partial charge in [-0.1, -0.05) is 331 Å². The summed E-state index contributed by atoms with van der Waals surface area (Å²) in [4.78, 5) is 38.4. The molecule has 0 aliphatic rings. The molecule has 0 rings (SSSR count). The molecule has 0 bridgehead atoms. The van der Waals surface area contributed by atoms with Gasteiger partial charge in [0.2, 0.25) is 0 Å². The lowest BCUT2D eigenvalue weighted by Crippen LogP contribution is -2.30. The number of hydrogen-bond acceptors (Lipinski definition) is 6. The highest BCUT2D eigenvalue weighted by atomic mass is 16.6. The van der Waals surface area contributed by atoms with Crippen molar-refractivity contribution in [2.75, 3.05) is 13.2 Å². The molecule has 6 heteroatoms. The molecule has 0 radical (unpaired) electrons. The summed E-state index contributed by atoms with van der Waals surface area (Å²) >= 11 is 0. The summed E-state index contributed by atoms with van der Waals surface area (Å²) in [5.41, 5.74) is 0. The zero-order chi connectivity index (χ0) is 58.5. The Labute approximate surface area is 503 Å². The predicted molar refractivity (Wildman–Crippen MR) is 353 cm³/mol. The fourth-order valence-electron chi connectivity index (χ4n) is 10.4. The van der Waals surface area contributed by atoms with Crippen LogP contribution in [0.5, 0.6) is 0 Å². The molecule has 0 aromatic carbocycles. The monoisotopic (exact) mass is 1130 g/mol. The third kappa shape index (κ3) is 67.5. The molecular weight excluding hydrogens is 997 g/mol. The number of ether oxygens (including phenoxy) is 3. The van der Waals surface area contributed by atoms with Gasteiger partial charge in [0.1, 0.15) is 13.2 Å². The average molecular weight is 1130 g/mol. The van der Waals surface area contributed by atoms with Crippen LogP contribution >= 0.6 is 0 Å². The summed E-state index contributed by atoms with van der Waals surface area (Å²) in [7, 11) is 0. The van der Waals surface area contributed by atoms with Crippen LogP contribution in [0.25, 0.3) is 0 Å². The van der Waals surface area contributed by atoms with Gasteiger partial charge in [-0.25, -0.2) is 0 Å². The van der Waals surface area contributed by atoms with Crippen LogP contribution in [0.15, 0.2) is 72.9 Å². The first-order valence-corrected chi connectivity index (χ1v) is 35.4. The van der Waals surface area contributed by atoms with Gasteiger partial charge in [-0.3, -0.25) is 14.4 Å². The Morgan fingerprint density at radius 2 is 0.481 bits per heavy atom. The van der Waals surface area contributed by atoms with Crippen molar-refractivity contribution in [3.8, 4) is 0 Å². The lowest BCUT2D eigenvalue weighted by atomic mass is 10.0. The lowest BCUT2D eigenvalue weighted by molar-refractivity contribution is -0.167. The maximum Gasteiger partial charge on any atom is 0.306 e. The summed E-state index contributed by atoms with van der Waals surface area (Å²) in [6, 6.07) is 0. The molecular formula is C75H134O6. The second-order valence-corrected chi connectivity index (χ2v) is 23.8. The standard InChI is InChI=1S/C75H134O6/c1-4-7-10-13-16-19-22-25-27-29-31-33-35-37-38-39-41-42-44-46-48-50-53-56-59-62-65-68-74(77)80-71-72(70-79-73(76)67-64-61-58-55-52-24-21-18-15-12-9-6-3)81-75(78)69-66-63-60-57-54-51-49-47-45-43-40-36-34-32-30-28-26-23-20-17-14-11-8-5-2/h7,10,16,18-19,21,25,27,31,33,37-38,72H,4-6,8-9,11-15,17,20,22-24,26,28-30,32,34-36,39-71H2,1-3H3/b10-7-,19-16-,21-18-,27-25-,33-31-,38-37-. The van der Waals surface area contributed by atoms with E-state index in [2.05, 4.69) is 93.7 Å². The van der Waals surface area contributed by atoms with Crippen LogP contribution in [0.4, 0.5) is 0 Å². The SMILES string of the molecule is CC/C=C\C/C=C\C/C=C\C/C=C\C/C=C\CCCCCCCCCCCCCC(=O)OCC(COC(=O)CCCCCCC/C=C\CCCCC)OC(=O)CCCCCCCCCCCCCCCCCCCCCCCCCC. The van der Waals surface area contributed by atoms with E-state index < -0.39 is 6.10 Å². The van der Waals surface area contributed by atoms with Gasteiger partial charge in [0.25, 0.3) is 0 Å². The Balaban J connectivity index is 4.23. The van der Waals surface area contributed by atoms with Crippen LogP contribution < -0.4 is 0 Å². The summed E-state index contributed by atoms with van der Waals surface area (Å²) in [5.74, 6) is -0.866. The second-order valence-electron chi connectivity index (χ2n) is 23.8. The summed E-state index contributed by atoms with van der Waals surface area (Å²) in [6.45, 7) is 6.55. The van der Waals surface area contributed by atoms with E-state index in [0.717, 1.165) is 96.3 Å². The molecule has 0 amide bonds. The third-order valence-corrected chi connectivity index (χ3v) is 15.7. The van der Waals surface area contributed by atoms with Crippen molar-refractivity contribution in [3.63, 3.8) is 0 Å². The summed E-state index contributed by atoms with van der Waals surface area (Å²) in [6.07, 6.45) is 90.8. The van der Waals surface area contributed by atoms with Gasteiger partial charge in [0.15, 0.2) is 6.10 Å². The topological polar surface area (TPSA) is 78.9 Å². The van der Waals surface area contributed by atoms with Gasteiger partial charge in [0.05, 0.1) is 0 Å². The molecule has 0 fully saturated rings. The molecule has 0 aliphatic carbocycles. The van der Waals surface area contributed by atoms with Crippen molar-refractivity contribution in [3.05, 3.63) is 72.9 Å². The van der Waals surface area contributed by atoms with Crippen molar-refractivity contribution in [1.29, 1.82) is 0 Å². The van der Waals surface area contributed by atoms with E-state index in [9.17, 15) is 14.4 Å². The van der Waals surface area contributed by atoms with E-state index in [1.54, 1.807) is 0 Å². The molecule has 0 aromatic rings. The number of carbonyl (C=O) groups is 3. The molecule has 1 atom stereocenters. The first kappa shape index (κ1) is 77.9. The highest BCUT2D eigenvalue weighted by Gasteiger charge is 2.19. The number of hydrogen-bond donors (Lipinski definition) is 0. The normalized spacial score (nSPS) is 12.5. The minimum absolute atomic E-state index is 0.0757. The van der Waals surface area contributed by atoms with Gasteiger partial charge in [-0.2, -0.15) is 0 Å². The lowest BCUT2D eigenvalue weighted by Gasteiger charge is -2.18. The minimum atomic E-state index is -0.779. The van der Waals surface area contributed by atoms with E-state index in [0.29, 0.717) is 19.3 Å². The minimum Gasteiger partial charge on any atom is -0.462 e. The fourth-order valence-corrected chi connectivity index (χ4v) is 10.4. The van der Waals surface area contributed by atoms with E-state index >= 15 is 0 Å². The largest absolute Gasteiger partial charge is 0.462 e. The third-order valence-electron chi connectivity index (χ3n) is 15.7. The average Bonchev–Trinajstić information content (AvgIpc) is 3.47. The van der Waals surface area contributed by atoms with Crippen molar-refractivity contribution >= 4 is 17.9 Å². The van der Waals surface area contributed by atoms with E-state index in [4.69, 9.17) is 14.2 Å². The molecule has 6 nitrogen and oxygen atoms in total. The Bertz CT molecular complexity index is 1490. The van der Waals surface area contributed by atoms with E-state index in [1.807, 2.05) is 0 Å². The van der Waals surface area contributed by atoms with Gasteiger partial charge in [0, 0.05) is 19.3 Å². The van der Waals surface area contributed by atoms with Crippen LogP contribution in [0, 0.1) is 0 Å². The molecule has 0 aliphatic heterocycles. The number of allylic oxidation sites excluding steroid dienone is 12. The maximum atomic E-state index is 13.0. The van der Waals surface area contributed by atoms with Gasteiger partial charge in [-0.05, 0) is 89.9 Å². The van der Waals surface area contributed by atoms with Gasteiger partial charge >= 0.3 is 17.9 Å². The first-order chi connectivity index (χ1) is 40.0. The van der Waals surface area contributed by atoms with Crippen LogP contribution in [0.1, 0.15) is 367 Å². The Kier molecular flexibility index (Phi) is 66.6. The molecule has 0 heterocycles. The van der Waals surface area contributed by atoms with Crippen LogP contribution in [-0.2, 0) is 28.6 Å². The smallest absolute Gasteiger partial charge is 0.306 e.